The van der Waals surface area contributed by atoms with E-state index >= 15 is 0 Å². The van der Waals surface area contributed by atoms with Crippen LogP contribution in [0.3, 0.4) is 0 Å². The maximum atomic E-state index is 13.1. The summed E-state index contributed by atoms with van der Waals surface area (Å²) >= 11 is 0. The van der Waals surface area contributed by atoms with Crippen LogP contribution < -0.4 is 5.32 Å². The highest BCUT2D eigenvalue weighted by Crippen LogP contribution is 2.42. The van der Waals surface area contributed by atoms with E-state index in [9.17, 15) is 9.59 Å². The molecule has 1 N–H and O–H groups in total. The lowest BCUT2D eigenvalue weighted by Crippen LogP contribution is -2.52. The molecule has 0 saturated heterocycles. The van der Waals surface area contributed by atoms with Gasteiger partial charge in [0, 0.05) is 24.1 Å². The smallest absolute Gasteiger partial charge is 0.408 e. The van der Waals surface area contributed by atoms with E-state index in [2.05, 4.69) is 23.5 Å². The number of pyridine rings is 1. The lowest BCUT2D eigenvalue weighted by Gasteiger charge is -2.43. The number of amides is 2. The molecule has 194 valence electrons. The molecule has 1 aliphatic heterocycles. The maximum Gasteiger partial charge on any atom is 0.408 e. The number of benzene rings is 2. The van der Waals surface area contributed by atoms with Crippen molar-refractivity contribution in [1.82, 2.24) is 15.2 Å². The zero-order valence-corrected chi connectivity index (χ0v) is 22.1. The molecule has 2 aromatic carbocycles. The monoisotopic (exact) mass is 508 g/mol. The minimum Gasteiger partial charge on any atom is -0.444 e. The largest absolute Gasteiger partial charge is 0.444 e. The first-order chi connectivity index (χ1) is 18.2. The van der Waals surface area contributed by atoms with Crippen LogP contribution in [-0.2, 0) is 16.7 Å². The van der Waals surface area contributed by atoms with Crippen molar-refractivity contribution in [2.24, 2.45) is 0 Å². The number of nitriles is 1. The maximum absolute atomic E-state index is 13.1. The number of ether oxygens (including phenoxy) is 1. The molecule has 3 aromatic rings. The fourth-order valence-corrected chi connectivity index (χ4v) is 5.20. The third-order valence-corrected chi connectivity index (χ3v) is 7.24. The summed E-state index contributed by atoms with van der Waals surface area (Å²) in [4.78, 5) is 32.2. The molecule has 7 nitrogen and oxygen atoms in total. The van der Waals surface area contributed by atoms with Crippen molar-refractivity contribution in [3.8, 4) is 28.5 Å². The SMILES string of the molecule is CC(C)(C)OC(=O)NC1(c2ccc(-c3nc4c(cc3-c3ccccc3)C(=O)N(CC#N)CC4)cc2)CCC1. The second-order valence-electron chi connectivity index (χ2n) is 11.0. The molecule has 1 saturated carbocycles. The first-order valence-corrected chi connectivity index (χ1v) is 13.1. The zero-order chi connectivity index (χ0) is 26.9. The first kappa shape index (κ1) is 25.5. The highest BCUT2D eigenvalue weighted by atomic mass is 16.6. The number of rotatable bonds is 5. The normalized spacial score (nSPS) is 16.2. The molecule has 0 bridgehead atoms. The highest BCUT2D eigenvalue weighted by molar-refractivity contribution is 5.99. The molecule has 5 rings (SSSR count). The van der Waals surface area contributed by atoms with Gasteiger partial charge < -0.3 is 15.0 Å². The summed E-state index contributed by atoms with van der Waals surface area (Å²) in [6.07, 6.45) is 2.96. The van der Waals surface area contributed by atoms with Crippen molar-refractivity contribution < 1.29 is 14.3 Å². The third kappa shape index (κ3) is 4.99. The van der Waals surface area contributed by atoms with Crippen molar-refractivity contribution in [1.29, 1.82) is 5.26 Å². The molecule has 2 heterocycles. The number of carbonyl (C=O) groups excluding carboxylic acids is 2. The van der Waals surface area contributed by atoms with Gasteiger partial charge in [0.1, 0.15) is 12.1 Å². The Morgan fingerprint density at radius 2 is 1.79 bits per heavy atom. The summed E-state index contributed by atoms with van der Waals surface area (Å²) in [6, 6.07) is 22.1. The van der Waals surface area contributed by atoms with Crippen LogP contribution in [0, 0.1) is 11.3 Å². The van der Waals surface area contributed by atoms with Gasteiger partial charge in [-0.1, -0.05) is 54.6 Å². The summed E-state index contributed by atoms with van der Waals surface area (Å²) in [5.41, 5.74) is 4.95. The number of hydrogen-bond donors (Lipinski definition) is 1. The quantitative estimate of drug-likeness (QED) is 0.437. The summed E-state index contributed by atoms with van der Waals surface area (Å²) in [6.45, 7) is 6.13. The van der Waals surface area contributed by atoms with Crippen molar-refractivity contribution in [3.05, 3.63) is 77.5 Å². The lowest BCUT2D eigenvalue weighted by atomic mass is 9.71. The Kier molecular flexibility index (Phi) is 6.66. The fourth-order valence-electron chi connectivity index (χ4n) is 5.20. The Labute approximate surface area is 223 Å². The number of carbonyl (C=O) groups is 2. The Balaban J connectivity index is 1.51. The summed E-state index contributed by atoms with van der Waals surface area (Å²) in [5.74, 6) is -0.153. The van der Waals surface area contributed by atoms with E-state index in [-0.39, 0.29) is 12.5 Å². The number of alkyl carbamates (subject to hydrolysis) is 1. The second-order valence-corrected chi connectivity index (χ2v) is 11.0. The molecule has 0 unspecified atom stereocenters. The van der Waals surface area contributed by atoms with Crippen LogP contribution in [0.1, 0.15) is 61.6 Å². The van der Waals surface area contributed by atoms with Gasteiger partial charge in [-0.2, -0.15) is 5.26 Å². The van der Waals surface area contributed by atoms with E-state index in [4.69, 9.17) is 15.0 Å². The average Bonchev–Trinajstić information content (AvgIpc) is 2.87. The van der Waals surface area contributed by atoms with Crippen LogP contribution in [0.25, 0.3) is 22.4 Å². The van der Waals surface area contributed by atoms with Crippen molar-refractivity contribution in [2.45, 2.75) is 57.6 Å². The van der Waals surface area contributed by atoms with Gasteiger partial charge in [-0.3, -0.25) is 9.78 Å². The molecular weight excluding hydrogens is 476 g/mol. The van der Waals surface area contributed by atoms with E-state index in [0.717, 1.165) is 52.9 Å². The molecule has 2 amide bonds. The van der Waals surface area contributed by atoms with Crippen molar-refractivity contribution in [3.63, 3.8) is 0 Å². The van der Waals surface area contributed by atoms with Crippen LogP contribution in [0.5, 0.6) is 0 Å². The van der Waals surface area contributed by atoms with Crippen LogP contribution in [-0.4, -0.2) is 40.6 Å². The minimum absolute atomic E-state index is 0.0707. The van der Waals surface area contributed by atoms with Crippen LogP contribution in [0.4, 0.5) is 4.79 Å². The Morgan fingerprint density at radius 3 is 2.39 bits per heavy atom. The van der Waals surface area contributed by atoms with Gasteiger partial charge in [0.15, 0.2) is 0 Å². The average molecular weight is 509 g/mol. The van der Waals surface area contributed by atoms with Gasteiger partial charge in [-0.15, -0.1) is 0 Å². The predicted molar refractivity (Wildman–Crippen MR) is 145 cm³/mol. The van der Waals surface area contributed by atoms with E-state index in [1.54, 1.807) is 4.90 Å². The van der Waals surface area contributed by atoms with E-state index in [1.807, 2.05) is 69.3 Å². The van der Waals surface area contributed by atoms with Gasteiger partial charge in [-0.05, 0) is 57.2 Å². The van der Waals surface area contributed by atoms with Crippen molar-refractivity contribution >= 4 is 12.0 Å². The standard InChI is InChI=1S/C31H32N4O3/c1-30(2,3)38-29(37)34-31(15-7-16-31)23-12-10-22(11-13-23)27-24(21-8-5-4-6-9-21)20-25-26(33-27)14-18-35(19-17-32)28(25)36/h4-6,8-13,20H,7,14-16,18-19H2,1-3H3,(H,34,37). The molecule has 0 spiro atoms. The fraction of sp³-hybridized carbons (Fsp3) is 0.355. The van der Waals surface area contributed by atoms with Crippen LogP contribution >= 0.6 is 0 Å². The topological polar surface area (TPSA) is 95.3 Å². The Bertz CT molecular complexity index is 1400. The lowest BCUT2D eigenvalue weighted by molar-refractivity contribution is 0.0377. The van der Waals surface area contributed by atoms with Crippen molar-refractivity contribution in [2.75, 3.05) is 13.1 Å². The molecule has 0 atom stereocenters. The number of nitrogens with zero attached hydrogens (tertiary/aromatic N) is 3. The van der Waals surface area contributed by atoms with Gasteiger partial charge in [-0.25, -0.2) is 4.79 Å². The molecule has 2 aliphatic rings. The molecule has 0 radical (unpaired) electrons. The number of aromatic nitrogens is 1. The molecule has 1 aliphatic carbocycles. The van der Waals surface area contributed by atoms with E-state index in [1.165, 1.54) is 0 Å². The van der Waals surface area contributed by atoms with E-state index < -0.39 is 17.2 Å². The molecular formula is C31H32N4O3. The number of nitrogens with one attached hydrogen (secondary N) is 1. The molecule has 1 fully saturated rings. The van der Waals surface area contributed by atoms with Gasteiger partial charge in [0.05, 0.1) is 28.6 Å². The summed E-state index contributed by atoms with van der Waals surface area (Å²) in [7, 11) is 0. The second kappa shape index (κ2) is 9.94. The number of hydrogen-bond acceptors (Lipinski definition) is 5. The van der Waals surface area contributed by atoms with Crippen LogP contribution in [0.15, 0.2) is 60.7 Å². The van der Waals surface area contributed by atoms with Crippen LogP contribution in [0.2, 0.25) is 0 Å². The highest BCUT2D eigenvalue weighted by Gasteiger charge is 2.41. The van der Waals surface area contributed by atoms with Gasteiger partial charge in [0.25, 0.3) is 5.91 Å². The predicted octanol–water partition coefficient (Wildman–Crippen LogP) is 5.84. The first-order valence-electron chi connectivity index (χ1n) is 13.1. The molecule has 38 heavy (non-hydrogen) atoms. The zero-order valence-electron chi connectivity index (χ0n) is 22.1. The van der Waals surface area contributed by atoms with Gasteiger partial charge >= 0.3 is 6.09 Å². The third-order valence-electron chi connectivity index (χ3n) is 7.24. The molecule has 1 aromatic heterocycles. The summed E-state index contributed by atoms with van der Waals surface area (Å²) in [5, 5.41) is 12.2. The number of fused-ring (bicyclic) bond motifs is 1. The van der Waals surface area contributed by atoms with Gasteiger partial charge in [0.2, 0.25) is 0 Å². The Hall–Kier alpha value is -4.18. The van der Waals surface area contributed by atoms with E-state index in [0.29, 0.717) is 18.5 Å². The molecule has 7 heteroatoms. The Morgan fingerprint density at radius 1 is 1.08 bits per heavy atom. The minimum atomic E-state index is -0.558. The summed E-state index contributed by atoms with van der Waals surface area (Å²) < 4.78 is 5.52.